The van der Waals surface area contributed by atoms with Crippen LogP contribution in [0.15, 0.2) is 59.3 Å². The van der Waals surface area contributed by atoms with Crippen LogP contribution in [-0.4, -0.2) is 28.3 Å². The maximum atomic E-state index is 12.4. The number of aromatic amines is 2. The normalized spacial score (nSPS) is 11.1. The average molecular weight is 397 g/mol. The molecular formula is C19H13BrN2O3. The lowest BCUT2D eigenvalue weighted by Gasteiger charge is -2.03. The van der Waals surface area contributed by atoms with Crippen LogP contribution in [0.1, 0.15) is 20.7 Å². The second kappa shape index (κ2) is 6.22. The minimum atomic E-state index is -0.530. The fourth-order valence-electron chi connectivity index (χ4n) is 2.85. The summed E-state index contributed by atoms with van der Waals surface area (Å²) in [5.41, 5.74) is 2.63. The molecular weight excluding hydrogens is 384 g/mol. The van der Waals surface area contributed by atoms with E-state index in [4.69, 9.17) is 4.74 Å². The summed E-state index contributed by atoms with van der Waals surface area (Å²) < 4.78 is 6.10. The second-order valence-corrected chi connectivity index (χ2v) is 6.56. The van der Waals surface area contributed by atoms with Crippen LogP contribution in [0.3, 0.4) is 0 Å². The van der Waals surface area contributed by atoms with Gasteiger partial charge >= 0.3 is 5.97 Å². The van der Waals surface area contributed by atoms with Crippen molar-refractivity contribution in [3.8, 4) is 0 Å². The molecule has 0 aliphatic heterocycles. The number of carbonyl (C=O) groups excluding carboxylic acids is 2. The molecule has 25 heavy (non-hydrogen) atoms. The third-order valence-corrected chi connectivity index (χ3v) is 4.58. The summed E-state index contributed by atoms with van der Waals surface area (Å²) in [6.45, 7) is -0.304. The number of benzene rings is 2. The van der Waals surface area contributed by atoms with Crippen LogP contribution in [0, 0.1) is 0 Å². The molecule has 0 radical (unpaired) electrons. The molecule has 0 aliphatic rings. The monoisotopic (exact) mass is 396 g/mol. The minimum absolute atomic E-state index is 0.244. The van der Waals surface area contributed by atoms with Gasteiger partial charge in [-0.3, -0.25) is 4.79 Å². The van der Waals surface area contributed by atoms with E-state index in [0.717, 1.165) is 26.3 Å². The highest BCUT2D eigenvalue weighted by molar-refractivity contribution is 9.10. The Hall–Kier alpha value is -2.86. The molecule has 0 unspecified atom stereocenters. The Bertz CT molecular complexity index is 1110. The third kappa shape index (κ3) is 2.85. The number of nitrogens with one attached hydrogen (secondary N) is 2. The zero-order valence-electron chi connectivity index (χ0n) is 13.0. The number of halogens is 1. The van der Waals surface area contributed by atoms with Crippen molar-refractivity contribution in [1.29, 1.82) is 0 Å². The van der Waals surface area contributed by atoms with Crippen LogP contribution in [0.5, 0.6) is 0 Å². The summed E-state index contributed by atoms with van der Waals surface area (Å²) in [6.07, 6.45) is 3.24. The van der Waals surface area contributed by atoms with E-state index < -0.39 is 5.97 Å². The summed E-state index contributed by atoms with van der Waals surface area (Å²) >= 11 is 3.39. The van der Waals surface area contributed by atoms with Gasteiger partial charge in [0.25, 0.3) is 0 Å². The smallest absolute Gasteiger partial charge is 0.340 e. The number of para-hydroxylation sites is 1. The van der Waals surface area contributed by atoms with E-state index in [2.05, 4.69) is 25.9 Å². The molecule has 0 saturated heterocycles. The number of ketones is 1. The summed E-state index contributed by atoms with van der Waals surface area (Å²) in [6, 6.07) is 13.1. The molecule has 0 aliphatic carbocycles. The third-order valence-electron chi connectivity index (χ3n) is 4.09. The van der Waals surface area contributed by atoms with Crippen molar-refractivity contribution < 1.29 is 14.3 Å². The van der Waals surface area contributed by atoms with Crippen LogP contribution in [0.25, 0.3) is 21.8 Å². The Kier molecular flexibility index (Phi) is 3.89. The van der Waals surface area contributed by atoms with Crippen LogP contribution >= 0.6 is 15.9 Å². The lowest BCUT2D eigenvalue weighted by Crippen LogP contribution is -2.13. The highest BCUT2D eigenvalue weighted by Crippen LogP contribution is 2.23. The molecule has 2 aromatic heterocycles. The zero-order chi connectivity index (χ0) is 17.4. The lowest BCUT2D eigenvalue weighted by atomic mass is 10.1. The topological polar surface area (TPSA) is 75.0 Å². The molecule has 4 aromatic rings. The van der Waals surface area contributed by atoms with Crippen molar-refractivity contribution in [2.24, 2.45) is 0 Å². The number of fused-ring (bicyclic) bond motifs is 2. The molecule has 0 amide bonds. The van der Waals surface area contributed by atoms with Crippen molar-refractivity contribution in [2.45, 2.75) is 0 Å². The number of aromatic nitrogens is 2. The predicted molar refractivity (Wildman–Crippen MR) is 98.9 cm³/mol. The van der Waals surface area contributed by atoms with Gasteiger partial charge in [0.05, 0.1) is 5.56 Å². The van der Waals surface area contributed by atoms with Gasteiger partial charge in [0.2, 0.25) is 5.78 Å². The van der Waals surface area contributed by atoms with Crippen LogP contribution in [-0.2, 0) is 4.74 Å². The molecule has 2 N–H and O–H groups in total. The van der Waals surface area contributed by atoms with E-state index in [1.54, 1.807) is 12.4 Å². The first kappa shape index (κ1) is 15.7. The van der Waals surface area contributed by atoms with E-state index in [1.165, 1.54) is 0 Å². The van der Waals surface area contributed by atoms with E-state index in [9.17, 15) is 9.59 Å². The molecule has 5 nitrogen and oxygen atoms in total. The maximum absolute atomic E-state index is 12.4. The van der Waals surface area contributed by atoms with Crippen molar-refractivity contribution in [1.82, 2.24) is 9.97 Å². The lowest BCUT2D eigenvalue weighted by molar-refractivity contribution is 0.0477. The second-order valence-electron chi connectivity index (χ2n) is 5.64. The standard InChI is InChI=1S/C19H13BrN2O3/c20-11-5-6-17-13(7-11)15(9-22-17)19(24)25-10-18(23)14-8-21-16-4-2-1-3-12(14)16/h1-9,21-22H,10H2. The average Bonchev–Trinajstić information content (AvgIpc) is 3.23. The van der Waals surface area contributed by atoms with Crippen LogP contribution in [0.2, 0.25) is 0 Å². The molecule has 0 bridgehead atoms. The van der Waals surface area contributed by atoms with Crippen LogP contribution < -0.4 is 0 Å². The van der Waals surface area contributed by atoms with Crippen molar-refractivity contribution in [3.05, 3.63) is 70.5 Å². The Morgan fingerprint density at radius 2 is 1.64 bits per heavy atom. The number of H-pyrrole nitrogens is 2. The molecule has 0 fully saturated rings. The molecule has 0 spiro atoms. The molecule has 2 heterocycles. The molecule has 124 valence electrons. The summed E-state index contributed by atoms with van der Waals surface area (Å²) in [7, 11) is 0. The Labute approximate surface area is 151 Å². The van der Waals surface area contributed by atoms with Gasteiger partial charge < -0.3 is 14.7 Å². The van der Waals surface area contributed by atoms with E-state index in [1.807, 2.05) is 42.5 Å². The van der Waals surface area contributed by atoms with Gasteiger partial charge in [0.15, 0.2) is 6.61 Å². The first-order chi connectivity index (χ1) is 12.1. The summed E-state index contributed by atoms with van der Waals surface area (Å²) in [5, 5.41) is 1.57. The van der Waals surface area contributed by atoms with Crippen molar-refractivity contribution >= 4 is 49.5 Å². The van der Waals surface area contributed by atoms with E-state index in [-0.39, 0.29) is 12.4 Å². The van der Waals surface area contributed by atoms with Gasteiger partial charge in [-0.25, -0.2) is 4.79 Å². The quantitative estimate of drug-likeness (QED) is 0.395. The molecule has 2 aromatic carbocycles. The van der Waals surface area contributed by atoms with Gasteiger partial charge in [-0.05, 0) is 24.3 Å². The Morgan fingerprint density at radius 3 is 2.48 bits per heavy atom. The van der Waals surface area contributed by atoms with Crippen molar-refractivity contribution in [3.63, 3.8) is 0 Å². The molecule has 0 saturated carbocycles. The van der Waals surface area contributed by atoms with Crippen LogP contribution in [0.4, 0.5) is 0 Å². The van der Waals surface area contributed by atoms with Crippen molar-refractivity contribution in [2.75, 3.05) is 6.61 Å². The maximum Gasteiger partial charge on any atom is 0.340 e. The van der Waals surface area contributed by atoms with Gasteiger partial charge in [0, 0.05) is 44.2 Å². The number of rotatable bonds is 4. The van der Waals surface area contributed by atoms with E-state index >= 15 is 0 Å². The number of esters is 1. The number of hydrogen-bond donors (Lipinski definition) is 2. The molecule has 0 atom stereocenters. The number of ether oxygens (including phenoxy) is 1. The number of carbonyl (C=O) groups is 2. The fourth-order valence-corrected chi connectivity index (χ4v) is 3.21. The fraction of sp³-hybridized carbons (Fsp3) is 0.0526. The molecule has 6 heteroatoms. The Balaban J connectivity index is 1.53. The van der Waals surface area contributed by atoms with Gasteiger partial charge in [-0.1, -0.05) is 34.1 Å². The van der Waals surface area contributed by atoms with E-state index in [0.29, 0.717) is 11.1 Å². The minimum Gasteiger partial charge on any atom is -0.454 e. The highest BCUT2D eigenvalue weighted by atomic mass is 79.9. The number of Topliss-reactive ketones (excluding diaryl/α,β-unsaturated/α-hetero) is 1. The predicted octanol–water partition coefficient (Wildman–Crippen LogP) is 4.45. The Morgan fingerprint density at radius 1 is 0.920 bits per heavy atom. The van der Waals surface area contributed by atoms with Gasteiger partial charge in [-0.2, -0.15) is 0 Å². The van der Waals surface area contributed by atoms with Gasteiger partial charge in [-0.15, -0.1) is 0 Å². The highest BCUT2D eigenvalue weighted by Gasteiger charge is 2.17. The SMILES string of the molecule is O=C(COC(=O)c1c[nH]c2ccc(Br)cc12)c1c[nH]c2ccccc12. The van der Waals surface area contributed by atoms with Gasteiger partial charge in [0.1, 0.15) is 0 Å². The summed E-state index contributed by atoms with van der Waals surface area (Å²) in [5.74, 6) is -0.774. The molecule has 4 rings (SSSR count). The number of hydrogen-bond acceptors (Lipinski definition) is 3. The largest absolute Gasteiger partial charge is 0.454 e. The zero-order valence-corrected chi connectivity index (χ0v) is 14.6. The summed E-state index contributed by atoms with van der Waals surface area (Å²) in [4.78, 5) is 30.8. The first-order valence-electron chi connectivity index (χ1n) is 7.66. The first-order valence-corrected chi connectivity index (χ1v) is 8.46.